The van der Waals surface area contributed by atoms with Crippen molar-refractivity contribution >= 4 is 29.3 Å². The number of rotatable bonds is 7. The molecule has 0 saturated carbocycles. The third-order valence-electron chi connectivity index (χ3n) is 4.09. The van der Waals surface area contributed by atoms with Gasteiger partial charge in [0.15, 0.2) is 6.61 Å². The van der Waals surface area contributed by atoms with Crippen molar-refractivity contribution < 1.29 is 14.3 Å². The number of halogens is 1. The fraction of sp³-hybridized carbons (Fsp3) is 0.316. The van der Waals surface area contributed by atoms with E-state index in [2.05, 4.69) is 20.4 Å². The number of ether oxygens (including phenoxy) is 1. The molecule has 0 spiro atoms. The zero-order valence-corrected chi connectivity index (χ0v) is 16.3. The Morgan fingerprint density at radius 3 is 2.68 bits per heavy atom. The summed E-state index contributed by atoms with van der Waals surface area (Å²) < 4.78 is 6.66. The highest BCUT2D eigenvalue weighted by atomic mass is 35.5. The van der Waals surface area contributed by atoms with Crippen molar-refractivity contribution in [3.8, 4) is 0 Å². The van der Waals surface area contributed by atoms with Crippen LogP contribution in [0.5, 0.6) is 0 Å². The predicted molar refractivity (Wildman–Crippen MR) is 103 cm³/mol. The molecular weight excluding hydrogens is 382 g/mol. The maximum absolute atomic E-state index is 12.5. The number of nitrogens with zero attached hydrogens (tertiary/aromatic N) is 4. The molecule has 1 aromatic carbocycles. The van der Waals surface area contributed by atoms with Gasteiger partial charge in [-0.3, -0.25) is 4.79 Å². The molecule has 1 N–H and O–H groups in total. The molecule has 0 unspecified atom stereocenters. The Labute approximate surface area is 166 Å². The minimum absolute atomic E-state index is 0.0112. The zero-order chi connectivity index (χ0) is 20.1. The lowest BCUT2D eigenvalue weighted by Gasteiger charge is -2.13. The largest absolute Gasteiger partial charge is 0.452 e. The van der Waals surface area contributed by atoms with E-state index in [1.54, 1.807) is 12.1 Å². The number of nitrogens with one attached hydrogen (secondary N) is 1. The summed E-state index contributed by atoms with van der Waals surface area (Å²) in [6.45, 7) is 3.92. The summed E-state index contributed by atoms with van der Waals surface area (Å²) >= 11 is 5.84. The van der Waals surface area contributed by atoms with Crippen LogP contribution in [0.3, 0.4) is 0 Å². The SMILES string of the molecule is CC(C)c1c(C(=O)OCC(=O)NCCc2ccc(Cl)cc2)cnc2ncnn12. The first-order chi connectivity index (χ1) is 13.5. The lowest BCUT2D eigenvalue weighted by Crippen LogP contribution is -2.30. The maximum Gasteiger partial charge on any atom is 0.342 e. The lowest BCUT2D eigenvalue weighted by molar-refractivity contribution is -0.124. The minimum atomic E-state index is -0.624. The van der Waals surface area contributed by atoms with Crippen molar-refractivity contribution in [3.63, 3.8) is 0 Å². The highest BCUT2D eigenvalue weighted by Crippen LogP contribution is 2.19. The fourth-order valence-electron chi connectivity index (χ4n) is 2.77. The predicted octanol–water partition coefficient (Wildman–Crippen LogP) is 2.42. The van der Waals surface area contributed by atoms with Gasteiger partial charge >= 0.3 is 5.97 Å². The Morgan fingerprint density at radius 2 is 1.96 bits per heavy atom. The summed E-state index contributed by atoms with van der Waals surface area (Å²) in [6.07, 6.45) is 3.43. The van der Waals surface area contributed by atoms with Gasteiger partial charge in [-0.15, -0.1) is 0 Å². The number of carbonyl (C=O) groups is 2. The molecule has 1 amide bonds. The van der Waals surface area contributed by atoms with E-state index < -0.39 is 5.97 Å². The van der Waals surface area contributed by atoms with Gasteiger partial charge in [0.05, 0.1) is 11.3 Å². The number of aromatic nitrogens is 4. The average Bonchev–Trinajstić information content (AvgIpc) is 3.15. The number of benzene rings is 1. The van der Waals surface area contributed by atoms with Crippen LogP contribution in [-0.4, -0.2) is 44.6 Å². The van der Waals surface area contributed by atoms with Gasteiger partial charge in [0, 0.05) is 17.8 Å². The van der Waals surface area contributed by atoms with Crippen LogP contribution in [-0.2, 0) is 16.0 Å². The number of hydrogen-bond acceptors (Lipinski definition) is 6. The standard InChI is InChI=1S/C19H20ClN5O3/c1-12(2)17-15(9-22-19-23-11-24-25(17)19)18(27)28-10-16(26)21-8-7-13-3-5-14(20)6-4-13/h3-6,9,11-12H,7-8,10H2,1-2H3,(H,21,26). The maximum atomic E-state index is 12.5. The smallest absolute Gasteiger partial charge is 0.342 e. The second kappa shape index (κ2) is 8.79. The molecule has 0 aliphatic carbocycles. The number of fused-ring (bicyclic) bond motifs is 1. The average molecular weight is 402 g/mol. The van der Waals surface area contributed by atoms with E-state index in [-0.39, 0.29) is 24.0 Å². The molecule has 28 heavy (non-hydrogen) atoms. The zero-order valence-electron chi connectivity index (χ0n) is 15.6. The highest BCUT2D eigenvalue weighted by Gasteiger charge is 2.21. The van der Waals surface area contributed by atoms with Gasteiger partial charge in [-0.2, -0.15) is 10.1 Å². The fourth-order valence-corrected chi connectivity index (χ4v) is 2.89. The van der Waals surface area contributed by atoms with Gasteiger partial charge < -0.3 is 10.1 Å². The monoisotopic (exact) mass is 401 g/mol. The summed E-state index contributed by atoms with van der Waals surface area (Å²) in [7, 11) is 0. The molecule has 0 bridgehead atoms. The third-order valence-corrected chi connectivity index (χ3v) is 4.35. The molecule has 0 radical (unpaired) electrons. The molecule has 0 aliphatic rings. The van der Waals surface area contributed by atoms with E-state index in [9.17, 15) is 9.59 Å². The molecule has 0 aliphatic heterocycles. The molecule has 3 aromatic rings. The van der Waals surface area contributed by atoms with Gasteiger partial charge in [0.2, 0.25) is 0 Å². The van der Waals surface area contributed by atoms with Crippen LogP contribution in [0.4, 0.5) is 0 Å². The summed E-state index contributed by atoms with van der Waals surface area (Å²) in [6, 6.07) is 7.39. The lowest BCUT2D eigenvalue weighted by atomic mass is 10.1. The first kappa shape index (κ1) is 19.8. The van der Waals surface area contributed by atoms with Gasteiger partial charge in [0.25, 0.3) is 11.7 Å². The molecule has 3 rings (SSSR count). The van der Waals surface area contributed by atoms with Crippen LogP contribution in [0.1, 0.15) is 41.4 Å². The summed E-state index contributed by atoms with van der Waals surface area (Å²) in [4.78, 5) is 32.5. The first-order valence-electron chi connectivity index (χ1n) is 8.82. The molecule has 9 heteroatoms. The van der Waals surface area contributed by atoms with Crippen LogP contribution in [0.15, 0.2) is 36.8 Å². The Kier molecular flexibility index (Phi) is 6.20. The Bertz CT molecular complexity index is 985. The van der Waals surface area contributed by atoms with E-state index in [1.807, 2.05) is 26.0 Å². The van der Waals surface area contributed by atoms with Crippen molar-refractivity contribution in [1.29, 1.82) is 0 Å². The van der Waals surface area contributed by atoms with Crippen LogP contribution in [0.25, 0.3) is 5.78 Å². The minimum Gasteiger partial charge on any atom is -0.452 e. The van der Waals surface area contributed by atoms with E-state index in [1.165, 1.54) is 17.0 Å². The first-order valence-corrected chi connectivity index (χ1v) is 9.20. The van der Waals surface area contributed by atoms with E-state index in [0.717, 1.165) is 5.56 Å². The van der Waals surface area contributed by atoms with Crippen LogP contribution >= 0.6 is 11.6 Å². The Morgan fingerprint density at radius 1 is 1.21 bits per heavy atom. The molecule has 0 saturated heterocycles. The number of esters is 1. The third kappa shape index (κ3) is 4.64. The van der Waals surface area contributed by atoms with Crippen LogP contribution in [0.2, 0.25) is 5.02 Å². The van der Waals surface area contributed by atoms with E-state index in [0.29, 0.717) is 29.5 Å². The van der Waals surface area contributed by atoms with Crippen molar-refractivity contribution in [2.75, 3.05) is 13.2 Å². The van der Waals surface area contributed by atoms with Crippen molar-refractivity contribution in [2.45, 2.75) is 26.2 Å². The van der Waals surface area contributed by atoms with Crippen molar-refractivity contribution in [1.82, 2.24) is 24.9 Å². The molecule has 2 heterocycles. The topological polar surface area (TPSA) is 98.5 Å². The number of amides is 1. The van der Waals surface area contributed by atoms with Gasteiger partial charge in [-0.1, -0.05) is 37.6 Å². The molecule has 2 aromatic heterocycles. The molecule has 0 fully saturated rings. The normalized spacial score (nSPS) is 11.0. The molecule has 8 nitrogen and oxygen atoms in total. The molecular formula is C19H20ClN5O3. The highest BCUT2D eigenvalue weighted by molar-refractivity contribution is 6.30. The summed E-state index contributed by atoms with van der Waals surface area (Å²) in [5.74, 6) is -0.604. The van der Waals surface area contributed by atoms with Crippen LogP contribution < -0.4 is 5.32 Å². The van der Waals surface area contributed by atoms with Crippen molar-refractivity contribution in [2.24, 2.45) is 0 Å². The van der Waals surface area contributed by atoms with Gasteiger partial charge in [0.1, 0.15) is 6.33 Å². The molecule has 146 valence electrons. The van der Waals surface area contributed by atoms with Gasteiger partial charge in [-0.25, -0.2) is 14.3 Å². The molecule has 0 atom stereocenters. The van der Waals surface area contributed by atoms with E-state index in [4.69, 9.17) is 16.3 Å². The summed E-state index contributed by atoms with van der Waals surface area (Å²) in [5.41, 5.74) is 1.95. The second-order valence-electron chi connectivity index (χ2n) is 6.49. The van der Waals surface area contributed by atoms with Gasteiger partial charge in [-0.05, 0) is 30.0 Å². The number of hydrogen-bond donors (Lipinski definition) is 1. The Balaban J connectivity index is 1.55. The van der Waals surface area contributed by atoms with Crippen LogP contribution in [0, 0.1) is 0 Å². The second-order valence-corrected chi connectivity index (χ2v) is 6.92. The number of carbonyl (C=O) groups excluding carboxylic acids is 2. The van der Waals surface area contributed by atoms with E-state index >= 15 is 0 Å². The summed E-state index contributed by atoms with van der Waals surface area (Å²) in [5, 5.41) is 7.49. The Hall–Kier alpha value is -3.00. The quantitative estimate of drug-likeness (QED) is 0.610. The van der Waals surface area contributed by atoms with Crippen molar-refractivity contribution in [3.05, 3.63) is 58.6 Å².